The molecule has 0 spiro atoms. The van der Waals surface area contributed by atoms with Gasteiger partial charge in [-0.15, -0.1) is 0 Å². The molecule has 0 radical (unpaired) electrons. The van der Waals surface area contributed by atoms with Crippen molar-refractivity contribution in [1.82, 2.24) is 4.72 Å². The number of ether oxygens (including phenoxy) is 3. The highest BCUT2D eigenvalue weighted by atomic mass is 32.2. The summed E-state index contributed by atoms with van der Waals surface area (Å²) in [6.45, 7) is 4.09. The third-order valence-corrected chi connectivity index (χ3v) is 4.48. The van der Waals surface area contributed by atoms with Crippen molar-refractivity contribution in [3.63, 3.8) is 0 Å². The van der Waals surface area contributed by atoms with E-state index in [9.17, 15) is 13.2 Å². The van der Waals surface area contributed by atoms with E-state index < -0.39 is 16.0 Å². The van der Waals surface area contributed by atoms with Crippen molar-refractivity contribution in [3.05, 3.63) is 23.8 Å². The minimum atomic E-state index is -3.80. The third-order valence-electron chi connectivity index (χ3n) is 3.05. The van der Waals surface area contributed by atoms with Gasteiger partial charge < -0.3 is 14.2 Å². The Kier molecular flexibility index (Phi) is 7.24. The zero-order chi connectivity index (χ0) is 18.3. The van der Waals surface area contributed by atoms with E-state index in [0.29, 0.717) is 5.56 Å². The van der Waals surface area contributed by atoms with Crippen LogP contribution in [0.25, 0.3) is 6.08 Å². The van der Waals surface area contributed by atoms with E-state index in [4.69, 9.17) is 9.47 Å². The van der Waals surface area contributed by atoms with Crippen LogP contribution in [0.3, 0.4) is 0 Å². The number of nitrogens with one attached hydrogen (secondary N) is 1. The summed E-state index contributed by atoms with van der Waals surface area (Å²) in [5, 5.41) is 0. The standard InChI is InChI=1S/C16H23NO6S/c1-11(2)10-17-24(19,20)14-9-12(6-7-15(18)22-4)8-13(21-3)16(14)23-5/h6-9,11,17H,10H2,1-5H3. The fourth-order valence-corrected chi connectivity index (χ4v) is 3.26. The Labute approximate surface area is 142 Å². The van der Waals surface area contributed by atoms with Crippen LogP contribution in [0.5, 0.6) is 11.5 Å². The lowest BCUT2D eigenvalue weighted by Gasteiger charge is -2.15. The molecule has 0 atom stereocenters. The Bertz CT molecular complexity index is 710. The molecule has 1 N–H and O–H groups in total. The molecule has 0 heterocycles. The van der Waals surface area contributed by atoms with Crippen LogP contribution in [0.15, 0.2) is 23.1 Å². The molecule has 0 aliphatic heterocycles. The average molecular weight is 357 g/mol. The van der Waals surface area contributed by atoms with Crippen LogP contribution in [0.4, 0.5) is 0 Å². The van der Waals surface area contributed by atoms with Gasteiger partial charge in [0, 0.05) is 12.6 Å². The number of hydrogen-bond acceptors (Lipinski definition) is 6. The van der Waals surface area contributed by atoms with E-state index in [1.165, 1.54) is 39.5 Å². The first kappa shape index (κ1) is 20.0. The van der Waals surface area contributed by atoms with E-state index in [1.807, 2.05) is 13.8 Å². The number of rotatable bonds is 8. The highest BCUT2D eigenvalue weighted by Gasteiger charge is 2.23. The van der Waals surface area contributed by atoms with Gasteiger partial charge in [0.05, 0.1) is 21.3 Å². The van der Waals surface area contributed by atoms with Crippen LogP contribution in [0, 0.1) is 5.92 Å². The zero-order valence-corrected chi connectivity index (χ0v) is 15.3. The first-order valence-electron chi connectivity index (χ1n) is 7.26. The number of hydrogen-bond donors (Lipinski definition) is 1. The van der Waals surface area contributed by atoms with Gasteiger partial charge in [-0.25, -0.2) is 17.9 Å². The summed E-state index contributed by atoms with van der Waals surface area (Å²) in [7, 11) is 0.225. The second-order valence-corrected chi connectivity index (χ2v) is 7.09. The first-order chi connectivity index (χ1) is 11.2. The molecule has 24 heavy (non-hydrogen) atoms. The van der Waals surface area contributed by atoms with Crippen molar-refractivity contribution in [3.8, 4) is 11.5 Å². The molecule has 1 aromatic carbocycles. The summed E-state index contributed by atoms with van der Waals surface area (Å²) >= 11 is 0. The predicted octanol–water partition coefficient (Wildman–Crippen LogP) is 1.82. The third kappa shape index (κ3) is 5.24. The zero-order valence-electron chi connectivity index (χ0n) is 14.5. The maximum absolute atomic E-state index is 12.6. The van der Waals surface area contributed by atoms with Gasteiger partial charge in [0.15, 0.2) is 11.5 Å². The lowest BCUT2D eigenvalue weighted by molar-refractivity contribution is -0.134. The van der Waals surface area contributed by atoms with Gasteiger partial charge in [0.2, 0.25) is 10.0 Å². The van der Waals surface area contributed by atoms with Gasteiger partial charge in [0.25, 0.3) is 0 Å². The fraction of sp³-hybridized carbons (Fsp3) is 0.438. The van der Waals surface area contributed by atoms with Crippen molar-refractivity contribution in [2.45, 2.75) is 18.7 Å². The van der Waals surface area contributed by atoms with Gasteiger partial charge in [-0.1, -0.05) is 13.8 Å². The minimum absolute atomic E-state index is 0.0606. The Morgan fingerprint density at radius 1 is 1.21 bits per heavy atom. The Balaban J connectivity index is 3.40. The Morgan fingerprint density at radius 2 is 1.88 bits per heavy atom. The van der Waals surface area contributed by atoms with Crippen molar-refractivity contribution >= 4 is 22.1 Å². The summed E-state index contributed by atoms with van der Waals surface area (Å²) < 4.78 is 42.6. The number of carbonyl (C=O) groups is 1. The van der Waals surface area contributed by atoms with Crippen molar-refractivity contribution in [2.24, 2.45) is 5.92 Å². The smallest absolute Gasteiger partial charge is 0.330 e. The monoisotopic (exact) mass is 357 g/mol. The quantitative estimate of drug-likeness (QED) is 0.564. The van der Waals surface area contributed by atoms with Gasteiger partial charge in [-0.2, -0.15) is 0 Å². The molecule has 0 unspecified atom stereocenters. The van der Waals surface area contributed by atoms with Crippen LogP contribution in [0.1, 0.15) is 19.4 Å². The van der Waals surface area contributed by atoms with Crippen molar-refractivity contribution in [2.75, 3.05) is 27.9 Å². The number of esters is 1. The maximum atomic E-state index is 12.6. The molecule has 134 valence electrons. The predicted molar refractivity (Wildman–Crippen MR) is 90.6 cm³/mol. The molecular formula is C16H23NO6S. The summed E-state index contributed by atoms with van der Waals surface area (Å²) in [4.78, 5) is 11.2. The minimum Gasteiger partial charge on any atom is -0.493 e. The van der Waals surface area contributed by atoms with Crippen molar-refractivity contribution in [1.29, 1.82) is 0 Å². The number of benzene rings is 1. The molecule has 0 aliphatic rings. The second-order valence-electron chi connectivity index (χ2n) is 5.36. The molecule has 0 amide bonds. The maximum Gasteiger partial charge on any atom is 0.330 e. The Morgan fingerprint density at radius 3 is 2.38 bits per heavy atom. The van der Waals surface area contributed by atoms with Gasteiger partial charge in [-0.05, 0) is 29.7 Å². The lowest BCUT2D eigenvalue weighted by Crippen LogP contribution is -2.28. The fourth-order valence-electron chi connectivity index (χ4n) is 1.83. The Hall–Kier alpha value is -2.06. The summed E-state index contributed by atoms with van der Waals surface area (Å²) in [5.74, 6) is -0.0550. The highest BCUT2D eigenvalue weighted by Crippen LogP contribution is 2.36. The molecule has 0 saturated carbocycles. The SMILES string of the molecule is COC(=O)C=Cc1cc(OC)c(OC)c(S(=O)(=O)NCC(C)C)c1. The molecule has 8 heteroatoms. The van der Waals surface area contributed by atoms with E-state index in [-0.39, 0.29) is 28.9 Å². The molecule has 1 rings (SSSR count). The summed E-state index contributed by atoms with van der Waals surface area (Å²) in [6.07, 6.45) is 2.63. The first-order valence-corrected chi connectivity index (χ1v) is 8.75. The van der Waals surface area contributed by atoms with Gasteiger partial charge >= 0.3 is 5.97 Å². The number of methoxy groups -OCH3 is 3. The number of carbonyl (C=O) groups excluding carboxylic acids is 1. The van der Waals surface area contributed by atoms with Gasteiger partial charge in [0.1, 0.15) is 4.90 Å². The molecular weight excluding hydrogens is 334 g/mol. The average Bonchev–Trinajstić information content (AvgIpc) is 2.56. The van der Waals surface area contributed by atoms with Crippen LogP contribution >= 0.6 is 0 Å². The number of sulfonamides is 1. The van der Waals surface area contributed by atoms with E-state index >= 15 is 0 Å². The normalized spacial score (nSPS) is 11.8. The van der Waals surface area contributed by atoms with Crippen LogP contribution in [-0.4, -0.2) is 42.3 Å². The molecule has 0 fully saturated rings. The molecule has 7 nitrogen and oxygen atoms in total. The van der Waals surface area contributed by atoms with Crippen LogP contribution in [-0.2, 0) is 19.6 Å². The van der Waals surface area contributed by atoms with E-state index in [2.05, 4.69) is 9.46 Å². The van der Waals surface area contributed by atoms with Crippen LogP contribution in [0.2, 0.25) is 0 Å². The molecule has 0 aliphatic carbocycles. The highest BCUT2D eigenvalue weighted by molar-refractivity contribution is 7.89. The second kappa shape index (κ2) is 8.70. The lowest BCUT2D eigenvalue weighted by atomic mass is 10.2. The molecule has 1 aromatic rings. The largest absolute Gasteiger partial charge is 0.493 e. The van der Waals surface area contributed by atoms with E-state index in [0.717, 1.165) is 0 Å². The van der Waals surface area contributed by atoms with E-state index in [1.54, 1.807) is 6.07 Å². The summed E-state index contributed by atoms with van der Waals surface area (Å²) in [5.41, 5.74) is 0.461. The van der Waals surface area contributed by atoms with Crippen molar-refractivity contribution < 1.29 is 27.4 Å². The molecule has 0 aromatic heterocycles. The van der Waals surface area contributed by atoms with Gasteiger partial charge in [-0.3, -0.25) is 0 Å². The molecule has 0 saturated heterocycles. The summed E-state index contributed by atoms with van der Waals surface area (Å²) in [6, 6.07) is 2.98. The molecule has 0 bridgehead atoms. The van der Waals surface area contributed by atoms with Crippen LogP contribution < -0.4 is 14.2 Å². The topological polar surface area (TPSA) is 90.9 Å².